The van der Waals surface area contributed by atoms with Crippen LogP contribution in [0, 0.1) is 0 Å². The maximum absolute atomic E-state index is 12.9. The van der Waals surface area contributed by atoms with Gasteiger partial charge in [0.1, 0.15) is 13.2 Å². The predicted octanol–water partition coefficient (Wildman–Crippen LogP) is 23.9. The van der Waals surface area contributed by atoms with Gasteiger partial charge in [-0.3, -0.25) is 14.4 Å². The second-order valence-electron chi connectivity index (χ2n) is 22.7. The first-order chi connectivity index (χ1) is 40.5. The Balaban J connectivity index is 4.09. The summed E-state index contributed by atoms with van der Waals surface area (Å²) >= 11 is 0. The van der Waals surface area contributed by atoms with Gasteiger partial charge in [0, 0.05) is 19.3 Å². The largest absolute Gasteiger partial charge is 0.462 e. The van der Waals surface area contributed by atoms with Crippen molar-refractivity contribution in [1.82, 2.24) is 0 Å². The molecule has 0 aromatic carbocycles. The molecular weight excluding hydrogens is 1010 g/mol. The van der Waals surface area contributed by atoms with Crippen molar-refractivity contribution in [2.45, 2.75) is 329 Å². The van der Waals surface area contributed by atoms with Crippen LogP contribution in [0.1, 0.15) is 323 Å². The van der Waals surface area contributed by atoms with Crippen LogP contribution in [0.3, 0.4) is 0 Å². The lowest BCUT2D eigenvalue weighted by Gasteiger charge is -2.18. The van der Waals surface area contributed by atoms with Gasteiger partial charge in [0.2, 0.25) is 0 Å². The lowest BCUT2D eigenvalue weighted by atomic mass is 10.0. The first-order valence-corrected chi connectivity index (χ1v) is 34.5. The zero-order valence-electron chi connectivity index (χ0n) is 53.7. The average molecular weight is 1140 g/mol. The van der Waals surface area contributed by atoms with Crippen LogP contribution in [0.5, 0.6) is 0 Å². The minimum atomic E-state index is -0.781. The van der Waals surface area contributed by atoms with E-state index in [1.807, 2.05) is 0 Å². The number of carbonyl (C=O) groups is 3. The van der Waals surface area contributed by atoms with Gasteiger partial charge >= 0.3 is 17.9 Å². The van der Waals surface area contributed by atoms with Crippen molar-refractivity contribution in [2.24, 2.45) is 0 Å². The predicted molar refractivity (Wildman–Crippen MR) is 357 cm³/mol. The van der Waals surface area contributed by atoms with Gasteiger partial charge in [0.05, 0.1) is 0 Å². The molecule has 0 N–H and O–H groups in total. The Morgan fingerprint density at radius 2 is 0.476 bits per heavy atom. The highest BCUT2D eigenvalue weighted by Gasteiger charge is 2.19. The SMILES string of the molecule is CC/C=C\C/C=C\C/C=C\C/C=C\C/C=C\C/C=C\C/C=C\C/C=C\CCCCCCCCCCC(=O)OCC(COC(=O)CCCCCCCC)OC(=O)CCCCCCCCCCCCCCC/C=C\C/C=C\CCCCCCC. The van der Waals surface area contributed by atoms with E-state index in [9.17, 15) is 14.4 Å². The summed E-state index contributed by atoms with van der Waals surface area (Å²) in [7, 11) is 0. The van der Waals surface area contributed by atoms with Crippen molar-refractivity contribution < 1.29 is 28.6 Å². The molecule has 0 aliphatic carbocycles. The van der Waals surface area contributed by atoms with Crippen LogP contribution >= 0.6 is 0 Å². The van der Waals surface area contributed by atoms with E-state index in [0.29, 0.717) is 19.3 Å². The van der Waals surface area contributed by atoms with Crippen LogP contribution in [0.2, 0.25) is 0 Å². The topological polar surface area (TPSA) is 78.9 Å². The molecule has 0 rings (SSSR count). The maximum Gasteiger partial charge on any atom is 0.306 e. The van der Waals surface area contributed by atoms with Gasteiger partial charge in [-0.15, -0.1) is 0 Å². The molecule has 6 nitrogen and oxygen atoms in total. The van der Waals surface area contributed by atoms with Crippen LogP contribution in [0.15, 0.2) is 122 Å². The molecule has 1 atom stereocenters. The molecule has 6 heteroatoms. The third kappa shape index (κ3) is 66.6. The maximum atomic E-state index is 12.9. The third-order valence-corrected chi connectivity index (χ3v) is 14.7. The zero-order valence-corrected chi connectivity index (χ0v) is 53.7. The molecule has 0 bridgehead atoms. The highest BCUT2D eigenvalue weighted by Crippen LogP contribution is 2.16. The Morgan fingerprint density at radius 1 is 0.256 bits per heavy atom. The lowest BCUT2D eigenvalue weighted by molar-refractivity contribution is -0.167. The number of allylic oxidation sites excluding steroid dienone is 20. The standard InChI is InChI=1S/C76H128O6/c1-4-7-10-13-16-18-20-22-24-26-28-30-32-34-35-36-37-38-39-40-41-43-44-46-48-50-52-54-56-58-60-63-66-69-75(78)81-72-73(71-80-74(77)68-65-62-15-12-9-6-3)82-76(79)70-67-64-61-59-57-55-53-51-49-47-45-42-33-31-29-27-25-23-21-19-17-14-11-8-5-2/h7,10,16,18,21-24,27-30,34-35,37-38,40-41,44,46,73H,4-6,8-9,11-15,17,19-20,25-26,31-33,36,39,42-43,45,47-72H2,1-3H3/b10-7-,18-16-,23-21-,24-22-,29-27-,30-28-,35-34-,38-37-,41-40-,46-44-. The second kappa shape index (κ2) is 69.3. The number of ether oxygens (including phenoxy) is 3. The van der Waals surface area contributed by atoms with E-state index in [0.717, 1.165) is 122 Å². The molecule has 0 heterocycles. The van der Waals surface area contributed by atoms with Crippen molar-refractivity contribution >= 4 is 17.9 Å². The number of carbonyl (C=O) groups excluding carboxylic acids is 3. The van der Waals surface area contributed by atoms with E-state index >= 15 is 0 Å². The minimum absolute atomic E-state index is 0.0805. The zero-order chi connectivity index (χ0) is 59.2. The summed E-state index contributed by atoms with van der Waals surface area (Å²) in [6, 6.07) is 0. The summed E-state index contributed by atoms with van der Waals surface area (Å²) in [6.45, 7) is 6.47. The first kappa shape index (κ1) is 77.8. The highest BCUT2D eigenvalue weighted by molar-refractivity contribution is 5.71. The fourth-order valence-corrected chi connectivity index (χ4v) is 9.55. The normalized spacial score (nSPS) is 12.9. The van der Waals surface area contributed by atoms with Crippen molar-refractivity contribution in [3.63, 3.8) is 0 Å². The van der Waals surface area contributed by atoms with Gasteiger partial charge in [-0.05, 0) is 116 Å². The Morgan fingerprint density at radius 3 is 0.744 bits per heavy atom. The monoisotopic (exact) mass is 1140 g/mol. The Bertz CT molecular complexity index is 1690. The molecule has 0 amide bonds. The van der Waals surface area contributed by atoms with Gasteiger partial charge in [-0.1, -0.05) is 309 Å². The average Bonchev–Trinajstić information content (AvgIpc) is 3.47. The molecule has 0 aromatic heterocycles. The number of hydrogen-bond donors (Lipinski definition) is 0. The molecule has 0 spiro atoms. The molecule has 0 fully saturated rings. The molecule has 468 valence electrons. The summed E-state index contributed by atoms with van der Waals surface area (Å²) in [5, 5.41) is 0. The fraction of sp³-hybridized carbons (Fsp3) is 0.697. The van der Waals surface area contributed by atoms with E-state index < -0.39 is 6.10 Å². The summed E-state index contributed by atoms with van der Waals surface area (Å²) < 4.78 is 16.8. The van der Waals surface area contributed by atoms with Gasteiger partial charge in [0.15, 0.2) is 6.10 Å². The Labute approximate surface area is 507 Å². The Kier molecular flexibility index (Phi) is 65.8. The van der Waals surface area contributed by atoms with Gasteiger partial charge in [-0.2, -0.15) is 0 Å². The number of esters is 3. The smallest absolute Gasteiger partial charge is 0.306 e. The molecule has 0 aliphatic rings. The van der Waals surface area contributed by atoms with Crippen molar-refractivity contribution in [3.05, 3.63) is 122 Å². The van der Waals surface area contributed by atoms with E-state index in [1.54, 1.807) is 0 Å². The van der Waals surface area contributed by atoms with Crippen LogP contribution < -0.4 is 0 Å². The minimum Gasteiger partial charge on any atom is -0.462 e. The van der Waals surface area contributed by atoms with Crippen LogP contribution in [0.4, 0.5) is 0 Å². The van der Waals surface area contributed by atoms with E-state index in [4.69, 9.17) is 14.2 Å². The molecule has 0 aromatic rings. The number of unbranched alkanes of at least 4 members (excludes halogenated alkanes) is 31. The second-order valence-corrected chi connectivity index (χ2v) is 22.7. The van der Waals surface area contributed by atoms with Gasteiger partial charge in [0.25, 0.3) is 0 Å². The molecule has 0 saturated carbocycles. The molecular formula is C76H128O6. The van der Waals surface area contributed by atoms with Crippen molar-refractivity contribution in [3.8, 4) is 0 Å². The van der Waals surface area contributed by atoms with Crippen molar-refractivity contribution in [1.29, 1.82) is 0 Å². The summed E-state index contributed by atoms with van der Waals surface area (Å²) in [5.74, 6) is -0.892. The molecule has 82 heavy (non-hydrogen) atoms. The van der Waals surface area contributed by atoms with Crippen molar-refractivity contribution in [2.75, 3.05) is 13.2 Å². The van der Waals surface area contributed by atoms with Gasteiger partial charge < -0.3 is 14.2 Å². The molecule has 1 unspecified atom stereocenters. The molecule has 0 saturated heterocycles. The summed E-state index contributed by atoms with van der Waals surface area (Å²) in [6.07, 6.45) is 96.8. The Hall–Kier alpha value is -4.19. The lowest BCUT2D eigenvalue weighted by Crippen LogP contribution is -2.30. The fourth-order valence-electron chi connectivity index (χ4n) is 9.55. The van der Waals surface area contributed by atoms with Gasteiger partial charge in [-0.25, -0.2) is 0 Å². The summed E-state index contributed by atoms with van der Waals surface area (Å²) in [4.78, 5) is 38.1. The number of hydrogen-bond acceptors (Lipinski definition) is 6. The van der Waals surface area contributed by atoms with Crippen LogP contribution in [-0.4, -0.2) is 37.2 Å². The van der Waals surface area contributed by atoms with E-state index in [2.05, 4.69) is 142 Å². The quantitative estimate of drug-likeness (QED) is 0.0261. The van der Waals surface area contributed by atoms with Crippen LogP contribution in [-0.2, 0) is 28.6 Å². The first-order valence-electron chi connectivity index (χ1n) is 34.5. The molecule has 0 radical (unpaired) electrons. The van der Waals surface area contributed by atoms with Crippen LogP contribution in [0.25, 0.3) is 0 Å². The number of rotatable bonds is 62. The van der Waals surface area contributed by atoms with E-state index in [1.165, 1.54) is 161 Å². The highest BCUT2D eigenvalue weighted by atomic mass is 16.6. The molecule has 0 aliphatic heterocycles. The third-order valence-electron chi connectivity index (χ3n) is 14.7. The van der Waals surface area contributed by atoms with E-state index in [-0.39, 0.29) is 31.1 Å². The summed E-state index contributed by atoms with van der Waals surface area (Å²) in [5.41, 5.74) is 0.